The second kappa shape index (κ2) is 6.96. The van der Waals surface area contributed by atoms with Crippen LogP contribution in [0.4, 0.5) is 0 Å². The molecule has 2 aromatic rings. The quantitative estimate of drug-likeness (QED) is 0.830. The summed E-state index contributed by atoms with van der Waals surface area (Å²) in [5.41, 5.74) is 2.36. The molecule has 0 bridgehead atoms. The van der Waals surface area contributed by atoms with Gasteiger partial charge in [-0.15, -0.1) is 11.3 Å². The van der Waals surface area contributed by atoms with Crippen molar-refractivity contribution in [2.45, 2.75) is 20.4 Å². The van der Waals surface area contributed by atoms with Gasteiger partial charge < -0.3 is 9.64 Å². The molecule has 1 heterocycles. The summed E-state index contributed by atoms with van der Waals surface area (Å²) < 4.78 is 6.29. The fraction of sp³-hybridized carbons (Fsp3) is 0.312. The molecule has 0 aliphatic rings. The number of benzene rings is 1. The molecule has 0 atom stereocenters. The predicted octanol–water partition coefficient (Wildman–Crippen LogP) is 4.06. The molecule has 2 rings (SSSR count). The lowest BCUT2D eigenvalue weighted by atomic mass is 10.1. The van der Waals surface area contributed by atoms with E-state index in [4.69, 9.17) is 16.3 Å². The first-order valence-corrected chi connectivity index (χ1v) is 7.83. The lowest BCUT2D eigenvalue weighted by molar-refractivity contribution is -0.132. The molecule has 0 fully saturated rings. The van der Waals surface area contributed by atoms with Crippen molar-refractivity contribution in [3.8, 4) is 5.75 Å². The van der Waals surface area contributed by atoms with Crippen LogP contribution < -0.4 is 4.74 Å². The largest absolute Gasteiger partial charge is 0.484 e. The van der Waals surface area contributed by atoms with E-state index in [9.17, 15) is 4.79 Å². The van der Waals surface area contributed by atoms with Crippen LogP contribution in [0.2, 0.25) is 4.34 Å². The van der Waals surface area contributed by atoms with Crippen LogP contribution in [0.5, 0.6) is 5.75 Å². The number of carbonyl (C=O) groups excluding carboxylic acids is 1. The third-order valence-electron chi connectivity index (χ3n) is 3.29. The van der Waals surface area contributed by atoms with E-state index in [-0.39, 0.29) is 12.5 Å². The Hall–Kier alpha value is -1.52. The summed E-state index contributed by atoms with van der Waals surface area (Å²) in [6.45, 7) is 4.66. The van der Waals surface area contributed by atoms with Gasteiger partial charge >= 0.3 is 0 Å². The van der Waals surface area contributed by atoms with Gasteiger partial charge in [0, 0.05) is 11.9 Å². The van der Waals surface area contributed by atoms with Crippen molar-refractivity contribution in [1.29, 1.82) is 0 Å². The molecule has 1 aromatic heterocycles. The minimum Gasteiger partial charge on any atom is -0.484 e. The maximum absolute atomic E-state index is 12.1. The predicted molar refractivity (Wildman–Crippen MR) is 87.2 cm³/mol. The summed E-state index contributed by atoms with van der Waals surface area (Å²) >= 11 is 7.36. The van der Waals surface area contributed by atoms with Gasteiger partial charge in [-0.25, -0.2) is 0 Å². The average Bonchev–Trinajstić information content (AvgIpc) is 2.85. The first kappa shape index (κ1) is 15.9. The standard InChI is InChI=1S/C16H18ClNO2S/c1-11-4-5-13(8-12(11)2)20-10-16(19)18(3)9-14-6-7-15(17)21-14/h4-8H,9-10H2,1-3H3. The van der Waals surface area contributed by atoms with Crippen molar-refractivity contribution in [1.82, 2.24) is 4.90 Å². The van der Waals surface area contributed by atoms with Gasteiger partial charge in [0.15, 0.2) is 6.61 Å². The SMILES string of the molecule is Cc1ccc(OCC(=O)N(C)Cc2ccc(Cl)s2)cc1C. The number of carbonyl (C=O) groups is 1. The molecule has 5 heteroatoms. The number of halogens is 1. The molecule has 21 heavy (non-hydrogen) atoms. The molecule has 0 unspecified atom stereocenters. The Morgan fingerprint density at radius 2 is 2.00 bits per heavy atom. The summed E-state index contributed by atoms with van der Waals surface area (Å²) in [4.78, 5) is 14.8. The van der Waals surface area contributed by atoms with E-state index < -0.39 is 0 Å². The van der Waals surface area contributed by atoms with E-state index >= 15 is 0 Å². The van der Waals surface area contributed by atoms with Gasteiger partial charge in [0.05, 0.1) is 10.9 Å². The second-order valence-electron chi connectivity index (χ2n) is 4.99. The van der Waals surface area contributed by atoms with Gasteiger partial charge in [-0.1, -0.05) is 17.7 Å². The van der Waals surface area contributed by atoms with Crippen LogP contribution in [0, 0.1) is 13.8 Å². The normalized spacial score (nSPS) is 10.5. The van der Waals surface area contributed by atoms with Crippen LogP contribution in [-0.4, -0.2) is 24.5 Å². The molecule has 3 nitrogen and oxygen atoms in total. The number of hydrogen-bond acceptors (Lipinski definition) is 3. The van der Waals surface area contributed by atoms with Crippen LogP contribution in [-0.2, 0) is 11.3 Å². The van der Waals surface area contributed by atoms with Crippen molar-refractivity contribution >= 4 is 28.8 Å². The van der Waals surface area contributed by atoms with E-state index in [1.54, 1.807) is 11.9 Å². The molecule has 1 amide bonds. The monoisotopic (exact) mass is 323 g/mol. The number of nitrogens with zero attached hydrogens (tertiary/aromatic N) is 1. The van der Waals surface area contributed by atoms with Gasteiger partial charge in [-0.2, -0.15) is 0 Å². The summed E-state index contributed by atoms with van der Waals surface area (Å²) in [5.74, 6) is 0.664. The van der Waals surface area contributed by atoms with E-state index in [2.05, 4.69) is 0 Å². The Morgan fingerprint density at radius 3 is 2.62 bits per heavy atom. The van der Waals surface area contributed by atoms with Crippen LogP contribution >= 0.6 is 22.9 Å². The fourth-order valence-electron chi connectivity index (χ4n) is 1.82. The van der Waals surface area contributed by atoms with Crippen molar-refractivity contribution < 1.29 is 9.53 Å². The highest BCUT2D eigenvalue weighted by Crippen LogP contribution is 2.22. The van der Waals surface area contributed by atoms with Crippen LogP contribution in [0.15, 0.2) is 30.3 Å². The van der Waals surface area contributed by atoms with Gasteiger partial charge in [0.25, 0.3) is 5.91 Å². The molecule has 0 radical (unpaired) electrons. The Kier molecular flexibility index (Phi) is 5.26. The topological polar surface area (TPSA) is 29.5 Å². The van der Waals surface area contributed by atoms with Crippen LogP contribution in [0.25, 0.3) is 0 Å². The maximum Gasteiger partial charge on any atom is 0.260 e. The summed E-state index contributed by atoms with van der Waals surface area (Å²) in [7, 11) is 1.76. The number of amides is 1. The number of aryl methyl sites for hydroxylation is 2. The fourth-order valence-corrected chi connectivity index (χ4v) is 2.96. The van der Waals surface area contributed by atoms with Crippen molar-refractivity contribution in [3.63, 3.8) is 0 Å². The molecule has 1 aromatic carbocycles. The molecule has 0 saturated heterocycles. The molecule has 0 aliphatic carbocycles. The number of thiophene rings is 1. The Balaban J connectivity index is 1.87. The van der Waals surface area contributed by atoms with Gasteiger partial charge in [-0.3, -0.25) is 4.79 Å². The zero-order chi connectivity index (χ0) is 15.4. The summed E-state index contributed by atoms with van der Waals surface area (Å²) in [6, 6.07) is 9.59. The van der Waals surface area contributed by atoms with Gasteiger partial charge in [-0.05, 0) is 49.2 Å². The number of hydrogen-bond donors (Lipinski definition) is 0. The lowest BCUT2D eigenvalue weighted by Gasteiger charge is -2.16. The molecular formula is C16H18ClNO2S. The second-order valence-corrected chi connectivity index (χ2v) is 6.79. The molecule has 0 spiro atoms. The van der Waals surface area contributed by atoms with Crippen molar-refractivity contribution in [2.75, 3.05) is 13.7 Å². The maximum atomic E-state index is 12.1. The van der Waals surface area contributed by atoms with Gasteiger partial charge in [0.2, 0.25) is 0 Å². The Morgan fingerprint density at radius 1 is 1.24 bits per heavy atom. The summed E-state index contributed by atoms with van der Waals surface area (Å²) in [6.07, 6.45) is 0. The third-order valence-corrected chi connectivity index (χ3v) is 4.50. The van der Waals surface area contributed by atoms with E-state index in [0.29, 0.717) is 6.54 Å². The van der Waals surface area contributed by atoms with E-state index in [0.717, 1.165) is 20.5 Å². The minimum atomic E-state index is -0.0576. The highest BCUT2D eigenvalue weighted by atomic mass is 35.5. The highest BCUT2D eigenvalue weighted by molar-refractivity contribution is 7.16. The molecule has 0 saturated carbocycles. The number of likely N-dealkylation sites (N-methyl/N-ethyl adjacent to an activating group) is 1. The van der Waals surface area contributed by atoms with Gasteiger partial charge in [0.1, 0.15) is 5.75 Å². The molecular weight excluding hydrogens is 306 g/mol. The molecule has 0 aliphatic heterocycles. The van der Waals surface area contributed by atoms with Crippen molar-refractivity contribution in [3.05, 3.63) is 50.7 Å². The average molecular weight is 324 g/mol. The minimum absolute atomic E-state index is 0.0398. The third kappa shape index (κ3) is 4.48. The van der Waals surface area contributed by atoms with Crippen LogP contribution in [0.3, 0.4) is 0 Å². The van der Waals surface area contributed by atoms with Crippen LogP contribution in [0.1, 0.15) is 16.0 Å². The van der Waals surface area contributed by atoms with E-state index in [1.165, 1.54) is 16.9 Å². The first-order valence-electron chi connectivity index (χ1n) is 6.64. The number of ether oxygens (including phenoxy) is 1. The highest BCUT2D eigenvalue weighted by Gasteiger charge is 2.11. The smallest absolute Gasteiger partial charge is 0.260 e. The zero-order valence-electron chi connectivity index (χ0n) is 12.4. The Labute approximate surface area is 134 Å². The Bertz CT molecular complexity index is 639. The lowest BCUT2D eigenvalue weighted by Crippen LogP contribution is -2.30. The zero-order valence-corrected chi connectivity index (χ0v) is 13.9. The first-order chi connectivity index (χ1) is 9.95. The summed E-state index contributed by atoms with van der Waals surface area (Å²) in [5, 5.41) is 0. The van der Waals surface area contributed by atoms with E-state index in [1.807, 2.05) is 44.2 Å². The number of rotatable bonds is 5. The molecule has 112 valence electrons. The molecule has 0 N–H and O–H groups in total. The van der Waals surface area contributed by atoms with Crippen molar-refractivity contribution in [2.24, 2.45) is 0 Å².